The van der Waals surface area contributed by atoms with Gasteiger partial charge in [0.05, 0.1) is 32.0 Å². The van der Waals surface area contributed by atoms with Crippen LogP contribution in [0.25, 0.3) is 0 Å². The zero-order valence-electron chi connectivity index (χ0n) is 48.6. The van der Waals surface area contributed by atoms with Crippen molar-refractivity contribution in [1.29, 1.82) is 0 Å². The molecule has 2 rings (SSSR count). The number of aliphatic hydroxyl groups is 8. The van der Waals surface area contributed by atoms with Gasteiger partial charge in [0, 0.05) is 6.42 Å². The Morgan fingerprint density at radius 1 is 0.468 bits per heavy atom. The van der Waals surface area contributed by atoms with Crippen LogP contribution in [-0.2, 0) is 23.7 Å². The van der Waals surface area contributed by atoms with Crippen LogP contribution in [0.4, 0.5) is 0 Å². The number of allylic oxidation sites excluding steroid dienone is 17. The largest absolute Gasteiger partial charge is 0.394 e. The van der Waals surface area contributed by atoms with Crippen molar-refractivity contribution in [3.8, 4) is 0 Å². The summed E-state index contributed by atoms with van der Waals surface area (Å²) in [6, 6.07) is -0.971. The van der Waals surface area contributed by atoms with Gasteiger partial charge in [-0.1, -0.05) is 220 Å². The Morgan fingerprint density at radius 2 is 0.886 bits per heavy atom. The van der Waals surface area contributed by atoms with E-state index in [0.717, 1.165) is 57.8 Å². The molecule has 14 heteroatoms. The molecule has 0 aromatic rings. The molecule has 12 atom stereocenters. The molecule has 14 nitrogen and oxygen atoms in total. The quantitative estimate of drug-likeness (QED) is 0.0204. The maximum Gasteiger partial charge on any atom is 0.220 e. The molecule has 79 heavy (non-hydrogen) atoms. The van der Waals surface area contributed by atoms with Crippen molar-refractivity contribution in [2.75, 3.05) is 19.8 Å². The van der Waals surface area contributed by atoms with E-state index in [1.54, 1.807) is 6.08 Å². The number of amides is 1. The standard InChI is InChI=1S/C65H109NO13/c1-3-5-7-9-11-13-15-17-19-21-23-25-27-29-31-33-35-37-39-41-43-45-47-49-57(70)66-53(52-76-64-62(75)60(73)63(56(51-68)78-64)79-65-61(74)59(72)58(71)55(50-67)77-65)54(69)48-46-44-42-40-38-36-34-32-30-28-26-24-22-20-18-16-14-12-10-8-6-4-2/h5,7,11,13,17,19,23,25,29,31,35,37-38,40-41,43,46,48,53-56,58-65,67-69,71-75H,3-4,6,8-10,12,14-16,18,20-22,24,26-28,30,32-34,36,39,42,44-45,47,49-52H2,1-2H3,(H,66,70)/b7-5-,13-11-,19-17-,25-23-,31-29-,37-35-,40-38+,43-41-,48-46+. The van der Waals surface area contributed by atoms with E-state index < -0.39 is 86.8 Å². The van der Waals surface area contributed by atoms with Crippen LogP contribution in [0.5, 0.6) is 0 Å². The molecule has 0 aliphatic carbocycles. The number of aliphatic hydroxyl groups excluding tert-OH is 8. The number of rotatable bonds is 47. The van der Waals surface area contributed by atoms with E-state index in [-0.39, 0.29) is 18.9 Å². The monoisotopic (exact) mass is 1110 g/mol. The molecule has 0 bridgehead atoms. The lowest BCUT2D eigenvalue weighted by molar-refractivity contribution is -0.359. The van der Waals surface area contributed by atoms with Gasteiger partial charge in [0.25, 0.3) is 0 Å². The molecule has 2 aliphatic rings. The van der Waals surface area contributed by atoms with Crippen LogP contribution in [0.15, 0.2) is 109 Å². The van der Waals surface area contributed by atoms with Crippen LogP contribution >= 0.6 is 0 Å². The van der Waals surface area contributed by atoms with E-state index in [9.17, 15) is 45.6 Å². The topological polar surface area (TPSA) is 228 Å². The predicted molar refractivity (Wildman–Crippen MR) is 318 cm³/mol. The van der Waals surface area contributed by atoms with E-state index >= 15 is 0 Å². The number of carbonyl (C=O) groups excluding carboxylic acids is 1. The average molecular weight is 1110 g/mol. The lowest BCUT2D eigenvalue weighted by Gasteiger charge is -2.46. The average Bonchev–Trinajstić information content (AvgIpc) is 3.47. The van der Waals surface area contributed by atoms with Gasteiger partial charge >= 0.3 is 0 Å². The first kappa shape index (κ1) is 71.8. The summed E-state index contributed by atoms with van der Waals surface area (Å²) in [5.41, 5.74) is 0. The third-order valence-corrected chi connectivity index (χ3v) is 14.2. The van der Waals surface area contributed by atoms with Crippen molar-refractivity contribution in [2.24, 2.45) is 0 Å². The van der Waals surface area contributed by atoms with E-state index in [0.29, 0.717) is 19.3 Å². The van der Waals surface area contributed by atoms with Gasteiger partial charge in [-0.15, -0.1) is 0 Å². The van der Waals surface area contributed by atoms with Gasteiger partial charge in [0.15, 0.2) is 12.6 Å². The van der Waals surface area contributed by atoms with E-state index in [1.165, 1.54) is 103 Å². The summed E-state index contributed by atoms with van der Waals surface area (Å²) < 4.78 is 22.7. The van der Waals surface area contributed by atoms with Crippen molar-refractivity contribution in [2.45, 2.75) is 274 Å². The summed E-state index contributed by atoms with van der Waals surface area (Å²) >= 11 is 0. The highest BCUT2D eigenvalue weighted by atomic mass is 16.7. The molecule has 0 saturated carbocycles. The molecule has 9 N–H and O–H groups in total. The van der Waals surface area contributed by atoms with Gasteiger partial charge in [-0.3, -0.25) is 4.79 Å². The fourth-order valence-electron chi connectivity index (χ4n) is 9.30. The highest BCUT2D eigenvalue weighted by Crippen LogP contribution is 2.30. The first-order chi connectivity index (χ1) is 38.6. The molecule has 2 fully saturated rings. The third kappa shape index (κ3) is 34.6. The van der Waals surface area contributed by atoms with Crippen molar-refractivity contribution in [3.05, 3.63) is 109 Å². The van der Waals surface area contributed by atoms with Gasteiger partial charge in [-0.2, -0.15) is 0 Å². The third-order valence-electron chi connectivity index (χ3n) is 14.2. The molecule has 0 spiro atoms. The van der Waals surface area contributed by atoms with Crippen molar-refractivity contribution < 1.29 is 64.6 Å². The Kier molecular flexibility index (Phi) is 44.8. The second-order valence-corrected chi connectivity index (χ2v) is 21.1. The normalized spacial score (nSPS) is 25.2. The Bertz CT molecular complexity index is 1740. The highest BCUT2D eigenvalue weighted by molar-refractivity contribution is 5.76. The summed E-state index contributed by atoms with van der Waals surface area (Å²) in [6.45, 7) is 2.62. The molecule has 2 heterocycles. The maximum absolute atomic E-state index is 13.2. The number of nitrogens with one attached hydrogen (secondary N) is 1. The zero-order valence-corrected chi connectivity index (χ0v) is 48.6. The molecular weight excluding hydrogens is 1000 g/mol. The molecule has 1 amide bonds. The molecule has 0 radical (unpaired) electrons. The van der Waals surface area contributed by atoms with Crippen LogP contribution in [0.2, 0.25) is 0 Å². The predicted octanol–water partition coefficient (Wildman–Crippen LogP) is 10.8. The van der Waals surface area contributed by atoms with E-state index in [1.807, 2.05) is 12.2 Å². The number of ether oxygens (including phenoxy) is 4. The number of unbranched alkanes of at least 4 members (excludes halogenated alkanes) is 18. The first-order valence-corrected chi connectivity index (χ1v) is 30.6. The summed E-state index contributed by atoms with van der Waals surface area (Å²) in [5, 5.41) is 87.1. The number of hydrogen-bond acceptors (Lipinski definition) is 13. The van der Waals surface area contributed by atoms with Gasteiger partial charge in [-0.25, -0.2) is 0 Å². The van der Waals surface area contributed by atoms with Crippen LogP contribution in [0, 0.1) is 0 Å². The fraction of sp³-hybridized carbons (Fsp3) is 0.708. The van der Waals surface area contributed by atoms with Crippen molar-refractivity contribution >= 4 is 5.91 Å². The summed E-state index contributed by atoms with van der Waals surface area (Å²) in [6.07, 6.45) is 52.8. The smallest absolute Gasteiger partial charge is 0.220 e. The van der Waals surface area contributed by atoms with Gasteiger partial charge in [0.2, 0.25) is 5.91 Å². The van der Waals surface area contributed by atoms with Crippen LogP contribution < -0.4 is 5.32 Å². The molecule has 12 unspecified atom stereocenters. The summed E-state index contributed by atoms with van der Waals surface area (Å²) in [5.74, 6) is -0.310. The number of carbonyl (C=O) groups is 1. The van der Waals surface area contributed by atoms with Crippen molar-refractivity contribution in [1.82, 2.24) is 5.32 Å². The SMILES string of the molecule is CC/C=C\C/C=C\C/C=C\C/C=C\C/C=C\C/C=C\C/C=C\CCCC(=O)NC(COC1OC(CO)C(OC2OC(CO)C(O)C(O)C2O)C(O)C1O)C(O)/C=C/CC/C=C/CCCCCCCCCCCCCCCCCC. The molecule has 2 aliphatic heterocycles. The minimum atomic E-state index is -1.80. The lowest BCUT2D eigenvalue weighted by atomic mass is 9.97. The van der Waals surface area contributed by atoms with Crippen LogP contribution in [0.3, 0.4) is 0 Å². The van der Waals surface area contributed by atoms with E-state index in [4.69, 9.17) is 18.9 Å². The van der Waals surface area contributed by atoms with Gasteiger partial charge < -0.3 is 65.1 Å². The Labute approximate surface area is 476 Å². The second kappa shape index (κ2) is 49.3. The Balaban J connectivity index is 1.82. The van der Waals surface area contributed by atoms with Crippen LogP contribution in [-0.4, -0.2) is 140 Å². The highest BCUT2D eigenvalue weighted by Gasteiger charge is 2.51. The van der Waals surface area contributed by atoms with Crippen molar-refractivity contribution in [3.63, 3.8) is 0 Å². The molecule has 2 saturated heterocycles. The lowest BCUT2D eigenvalue weighted by Crippen LogP contribution is -2.65. The van der Waals surface area contributed by atoms with Gasteiger partial charge in [-0.05, 0) is 83.5 Å². The number of hydrogen-bond donors (Lipinski definition) is 9. The fourth-order valence-corrected chi connectivity index (χ4v) is 9.30. The maximum atomic E-state index is 13.2. The second-order valence-electron chi connectivity index (χ2n) is 21.1. The van der Waals surface area contributed by atoms with E-state index in [2.05, 4.69) is 110 Å². The zero-order chi connectivity index (χ0) is 57.4. The summed E-state index contributed by atoms with van der Waals surface area (Å²) in [7, 11) is 0. The van der Waals surface area contributed by atoms with Gasteiger partial charge in [0.1, 0.15) is 48.8 Å². The van der Waals surface area contributed by atoms with Crippen LogP contribution in [0.1, 0.15) is 200 Å². The molecular formula is C65H109NO13. The minimum absolute atomic E-state index is 0.187. The Hall–Kier alpha value is -3.35. The minimum Gasteiger partial charge on any atom is -0.394 e. The first-order valence-electron chi connectivity index (χ1n) is 30.6. The molecule has 0 aromatic heterocycles. The summed E-state index contributed by atoms with van der Waals surface area (Å²) in [4.78, 5) is 13.2. The molecule has 452 valence electrons. The Morgan fingerprint density at radius 3 is 1.39 bits per heavy atom. The molecule has 0 aromatic carbocycles.